The number of hydrogen-bond donors (Lipinski definition) is 2. The largest absolute Gasteiger partial charge is 0.396 e. The molecule has 1 unspecified atom stereocenters. The number of carbonyl (C=O) groups is 1. The minimum absolute atomic E-state index is 0.0634. The number of ether oxygens (including phenoxy) is 1. The standard InChI is InChI=1S/C10H19NO3S/c12-4-2-6-15-8-10(13)11-7-9-3-1-5-14-9/h9,12H,1-8H2,(H,11,13). The summed E-state index contributed by atoms with van der Waals surface area (Å²) in [6.07, 6.45) is 3.13. The van der Waals surface area contributed by atoms with Gasteiger partial charge in [-0.05, 0) is 25.0 Å². The van der Waals surface area contributed by atoms with Crippen molar-refractivity contribution in [1.29, 1.82) is 0 Å². The van der Waals surface area contributed by atoms with Crippen LogP contribution in [0.5, 0.6) is 0 Å². The molecular formula is C10H19NO3S. The topological polar surface area (TPSA) is 58.6 Å². The van der Waals surface area contributed by atoms with Gasteiger partial charge in [0.05, 0.1) is 11.9 Å². The van der Waals surface area contributed by atoms with Crippen LogP contribution in [0.4, 0.5) is 0 Å². The zero-order valence-corrected chi connectivity index (χ0v) is 9.72. The fourth-order valence-electron chi connectivity index (χ4n) is 1.42. The average Bonchev–Trinajstić information content (AvgIpc) is 2.74. The van der Waals surface area contributed by atoms with E-state index in [2.05, 4.69) is 5.32 Å². The number of aliphatic hydroxyl groups is 1. The van der Waals surface area contributed by atoms with Gasteiger partial charge in [0.2, 0.25) is 5.91 Å². The Morgan fingerprint density at radius 2 is 2.47 bits per heavy atom. The first-order chi connectivity index (χ1) is 7.33. The third-order valence-corrected chi connectivity index (χ3v) is 3.27. The number of nitrogens with one attached hydrogen (secondary N) is 1. The first kappa shape index (κ1) is 12.8. The van der Waals surface area contributed by atoms with Gasteiger partial charge in [0.25, 0.3) is 0 Å². The molecule has 0 radical (unpaired) electrons. The Morgan fingerprint density at radius 3 is 3.13 bits per heavy atom. The number of aliphatic hydroxyl groups excluding tert-OH is 1. The summed E-state index contributed by atoms with van der Waals surface area (Å²) in [6, 6.07) is 0. The second-order valence-electron chi connectivity index (χ2n) is 3.57. The van der Waals surface area contributed by atoms with Crippen LogP contribution in [0, 0.1) is 0 Å². The summed E-state index contributed by atoms with van der Waals surface area (Å²) in [5.41, 5.74) is 0. The van der Waals surface area contributed by atoms with Crippen molar-refractivity contribution >= 4 is 17.7 Å². The number of thioether (sulfide) groups is 1. The van der Waals surface area contributed by atoms with Crippen LogP contribution in [0.25, 0.3) is 0 Å². The zero-order chi connectivity index (χ0) is 10.9. The van der Waals surface area contributed by atoms with E-state index in [1.807, 2.05) is 0 Å². The first-order valence-corrected chi connectivity index (χ1v) is 6.55. The van der Waals surface area contributed by atoms with Crippen LogP contribution in [0.3, 0.4) is 0 Å². The molecule has 1 aliphatic heterocycles. The molecule has 1 heterocycles. The Hall–Kier alpha value is -0.260. The molecule has 0 spiro atoms. The smallest absolute Gasteiger partial charge is 0.230 e. The van der Waals surface area contributed by atoms with Gasteiger partial charge in [0.1, 0.15) is 0 Å². The van der Waals surface area contributed by atoms with Gasteiger partial charge < -0.3 is 15.2 Å². The fraction of sp³-hybridized carbons (Fsp3) is 0.900. The number of amides is 1. The van der Waals surface area contributed by atoms with Crippen LogP contribution >= 0.6 is 11.8 Å². The Balaban J connectivity index is 1.93. The molecule has 0 aromatic rings. The molecule has 0 saturated carbocycles. The number of rotatable bonds is 7. The van der Waals surface area contributed by atoms with Gasteiger partial charge in [0, 0.05) is 19.8 Å². The maximum atomic E-state index is 11.3. The highest BCUT2D eigenvalue weighted by Crippen LogP contribution is 2.10. The third kappa shape index (κ3) is 6.02. The second-order valence-corrected chi connectivity index (χ2v) is 4.67. The van der Waals surface area contributed by atoms with Gasteiger partial charge in [-0.2, -0.15) is 11.8 Å². The molecule has 4 nitrogen and oxygen atoms in total. The van der Waals surface area contributed by atoms with Crippen LogP contribution in [0.1, 0.15) is 19.3 Å². The maximum absolute atomic E-state index is 11.3. The van der Waals surface area contributed by atoms with Gasteiger partial charge in [0.15, 0.2) is 0 Å². The van der Waals surface area contributed by atoms with Gasteiger partial charge in [-0.15, -0.1) is 0 Å². The summed E-state index contributed by atoms with van der Waals surface area (Å²) in [5, 5.41) is 11.4. The van der Waals surface area contributed by atoms with Gasteiger partial charge in [-0.3, -0.25) is 4.79 Å². The van der Waals surface area contributed by atoms with Crippen molar-refractivity contribution in [1.82, 2.24) is 5.32 Å². The molecule has 0 bridgehead atoms. The monoisotopic (exact) mass is 233 g/mol. The lowest BCUT2D eigenvalue weighted by Gasteiger charge is -2.10. The van der Waals surface area contributed by atoms with Crippen molar-refractivity contribution in [3.05, 3.63) is 0 Å². The van der Waals surface area contributed by atoms with E-state index < -0.39 is 0 Å². The van der Waals surface area contributed by atoms with Crippen molar-refractivity contribution in [2.75, 3.05) is 31.3 Å². The number of carbonyl (C=O) groups excluding carboxylic acids is 1. The highest BCUT2D eigenvalue weighted by molar-refractivity contribution is 7.99. The van der Waals surface area contributed by atoms with Crippen LogP contribution < -0.4 is 5.32 Å². The summed E-state index contributed by atoms with van der Waals surface area (Å²) in [4.78, 5) is 11.3. The Kier molecular flexibility index (Phi) is 6.80. The summed E-state index contributed by atoms with van der Waals surface area (Å²) in [5.74, 6) is 1.38. The summed E-state index contributed by atoms with van der Waals surface area (Å²) < 4.78 is 5.39. The quantitative estimate of drug-likeness (QED) is 0.625. The lowest BCUT2D eigenvalue weighted by atomic mass is 10.2. The van der Waals surface area contributed by atoms with Crippen molar-refractivity contribution < 1.29 is 14.6 Å². The predicted molar refractivity (Wildman–Crippen MR) is 61.0 cm³/mol. The Labute approximate surface area is 94.8 Å². The van der Waals surface area contributed by atoms with E-state index in [4.69, 9.17) is 9.84 Å². The highest BCUT2D eigenvalue weighted by Gasteiger charge is 2.15. The molecule has 1 atom stereocenters. The SMILES string of the molecule is O=C(CSCCCO)NCC1CCCO1. The molecule has 15 heavy (non-hydrogen) atoms. The van der Waals surface area contributed by atoms with E-state index in [1.165, 1.54) is 0 Å². The maximum Gasteiger partial charge on any atom is 0.230 e. The average molecular weight is 233 g/mol. The molecule has 88 valence electrons. The normalized spacial score (nSPS) is 20.5. The van der Waals surface area contributed by atoms with E-state index >= 15 is 0 Å². The van der Waals surface area contributed by atoms with Crippen LogP contribution in [0.15, 0.2) is 0 Å². The molecule has 0 aliphatic carbocycles. The summed E-state index contributed by atoms with van der Waals surface area (Å²) in [6.45, 7) is 1.66. The van der Waals surface area contributed by atoms with Gasteiger partial charge in [-0.1, -0.05) is 0 Å². The van der Waals surface area contributed by atoms with E-state index in [-0.39, 0.29) is 18.6 Å². The van der Waals surface area contributed by atoms with Gasteiger partial charge >= 0.3 is 0 Å². The van der Waals surface area contributed by atoms with Crippen LogP contribution in [-0.2, 0) is 9.53 Å². The predicted octanol–water partition coefficient (Wildman–Crippen LogP) is 0.397. The summed E-state index contributed by atoms with van der Waals surface area (Å²) >= 11 is 1.56. The van der Waals surface area contributed by atoms with Crippen molar-refractivity contribution in [2.45, 2.75) is 25.4 Å². The van der Waals surface area contributed by atoms with E-state index in [1.54, 1.807) is 11.8 Å². The van der Waals surface area contributed by atoms with E-state index in [9.17, 15) is 4.79 Å². The van der Waals surface area contributed by atoms with E-state index in [0.717, 1.165) is 31.6 Å². The lowest BCUT2D eigenvalue weighted by molar-refractivity contribution is -0.119. The molecule has 1 fully saturated rings. The minimum Gasteiger partial charge on any atom is -0.396 e. The van der Waals surface area contributed by atoms with Crippen LogP contribution in [0.2, 0.25) is 0 Å². The molecule has 1 saturated heterocycles. The van der Waals surface area contributed by atoms with Crippen molar-refractivity contribution in [3.8, 4) is 0 Å². The third-order valence-electron chi connectivity index (χ3n) is 2.23. The Morgan fingerprint density at radius 1 is 1.60 bits per heavy atom. The first-order valence-electron chi connectivity index (χ1n) is 5.40. The molecule has 1 rings (SSSR count). The van der Waals surface area contributed by atoms with Crippen LogP contribution in [-0.4, -0.2) is 48.4 Å². The second kappa shape index (κ2) is 7.96. The summed E-state index contributed by atoms with van der Waals surface area (Å²) in [7, 11) is 0. The molecule has 0 aromatic heterocycles. The molecule has 1 aliphatic rings. The van der Waals surface area contributed by atoms with Crippen molar-refractivity contribution in [3.63, 3.8) is 0 Å². The molecule has 5 heteroatoms. The van der Waals surface area contributed by atoms with Crippen molar-refractivity contribution in [2.24, 2.45) is 0 Å². The zero-order valence-electron chi connectivity index (χ0n) is 8.91. The molecule has 0 aromatic carbocycles. The lowest BCUT2D eigenvalue weighted by Crippen LogP contribution is -2.32. The highest BCUT2D eigenvalue weighted by atomic mass is 32.2. The van der Waals surface area contributed by atoms with E-state index in [0.29, 0.717) is 12.3 Å². The molecule has 2 N–H and O–H groups in total. The van der Waals surface area contributed by atoms with Gasteiger partial charge in [-0.25, -0.2) is 0 Å². The fourth-order valence-corrected chi connectivity index (χ4v) is 2.18. The Bertz CT molecular complexity index is 184. The minimum atomic E-state index is 0.0634. The number of hydrogen-bond acceptors (Lipinski definition) is 4. The molecule has 1 amide bonds. The molecular weight excluding hydrogens is 214 g/mol.